The molecular weight excluding hydrogens is 228 g/mol. The minimum absolute atomic E-state index is 0.0162. The van der Waals surface area contributed by atoms with Gasteiger partial charge in [0.1, 0.15) is 4.90 Å². The Labute approximate surface area is 94.4 Å². The largest absolute Gasteiger partial charge is 0.399 e. The fourth-order valence-electron chi connectivity index (χ4n) is 2.01. The van der Waals surface area contributed by atoms with Crippen LogP contribution in [0.2, 0.25) is 0 Å². The summed E-state index contributed by atoms with van der Waals surface area (Å²) in [4.78, 5) is -0.0908. The lowest BCUT2D eigenvalue weighted by Gasteiger charge is -2.14. The Kier molecular flexibility index (Phi) is 2.88. The molecule has 0 saturated carbocycles. The average molecular weight is 242 g/mol. The summed E-state index contributed by atoms with van der Waals surface area (Å²) in [6.07, 6.45) is 1.87. The van der Waals surface area contributed by atoms with Crippen LogP contribution in [-0.2, 0) is 10.1 Å². The molecule has 5 nitrogen and oxygen atoms in total. The van der Waals surface area contributed by atoms with E-state index in [-0.39, 0.29) is 10.9 Å². The summed E-state index contributed by atoms with van der Waals surface area (Å²) in [5.41, 5.74) is 6.45. The summed E-state index contributed by atoms with van der Waals surface area (Å²) < 4.78 is 31.6. The van der Waals surface area contributed by atoms with Gasteiger partial charge in [-0.05, 0) is 37.1 Å². The Balaban J connectivity index is 2.52. The van der Waals surface area contributed by atoms with Crippen LogP contribution in [0.4, 0.5) is 5.69 Å². The van der Waals surface area contributed by atoms with E-state index in [0.29, 0.717) is 11.3 Å². The van der Waals surface area contributed by atoms with Crippen LogP contribution in [0.1, 0.15) is 24.4 Å². The van der Waals surface area contributed by atoms with Gasteiger partial charge in [-0.15, -0.1) is 0 Å². The zero-order chi connectivity index (χ0) is 11.8. The third-order valence-electron chi connectivity index (χ3n) is 2.75. The number of rotatable bonds is 2. The normalized spacial score (nSPS) is 21.2. The Morgan fingerprint density at radius 2 is 2.19 bits per heavy atom. The molecule has 1 unspecified atom stereocenters. The van der Waals surface area contributed by atoms with Gasteiger partial charge >= 0.3 is 0 Å². The van der Waals surface area contributed by atoms with E-state index in [1.807, 2.05) is 0 Å². The van der Waals surface area contributed by atoms with Crippen molar-refractivity contribution in [3.05, 3.63) is 23.8 Å². The second kappa shape index (κ2) is 4.04. The molecule has 1 saturated heterocycles. The monoisotopic (exact) mass is 242 g/mol. The van der Waals surface area contributed by atoms with Gasteiger partial charge in [0.25, 0.3) is 10.1 Å². The van der Waals surface area contributed by atoms with Crippen molar-refractivity contribution >= 4 is 15.8 Å². The zero-order valence-corrected chi connectivity index (χ0v) is 9.50. The van der Waals surface area contributed by atoms with E-state index in [0.717, 1.165) is 19.4 Å². The fourth-order valence-corrected chi connectivity index (χ4v) is 2.81. The molecule has 0 aliphatic carbocycles. The van der Waals surface area contributed by atoms with Crippen molar-refractivity contribution in [1.82, 2.24) is 5.32 Å². The van der Waals surface area contributed by atoms with Gasteiger partial charge in [0.15, 0.2) is 0 Å². The maximum atomic E-state index is 11.2. The average Bonchev–Trinajstić information content (AvgIpc) is 2.69. The minimum Gasteiger partial charge on any atom is -0.399 e. The maximum Gasteiger partial charge on any atom is 0.294 e. The van der Waals surface area contributed by atoms with Crippen LogP contribution in [0.3, 0.4) is 0 Å². The van der Waals surface area contributed by atoms with Crippen LogP contribution in [0.15, 0.2) is 23.1 Å². The molecule has 1 fully saturated rings. The zero-order valence-electron chi connectivity index (χ0n) is 8.68. The summed E-state index contributed by atoms with van der Waals surface area (Å²) in [6, 6.07) is 4.58. The van der Waals surface area contributed by atoms with Crippen molar-refractivity contribution in [3.63, 3.8) is 0 Å². The summed E-state index contributed by atoms with van der Waals surface area (Å²) >= 11 is 0. The molecule has 0 aromatic heterocycles. The van der Waals surface area contributed by atoms with Gasteiger partial charge in [-0.3, -0.25) is 4.55 Å². The number of hydrogen-bond acceptors (Lipinski definition) is 4. The Morgan fingerprint density at radius 1 is 1.44 bits per heavy atom. The number of nitrogens with one attached hydrogen (secondary N) is 1. The van der Waals surface area contributed by atoms with E-state index < -0.39 is 10.1 Å². The Hall–Kier alpha value is -1.11. The number of nitrogens with two attached hydrogens (primary N) is 1. The van der Waals surface area contributed by atoms with Crippen LogP contribution in [0, 0.1) is 0 Å². The highest BCUT2D eigenvalue weighted by molar-refractivity contribution is 7.85. The highest BCUT2D eigenvalue weighted by atomic mass is 32.2. The molecule has 1 aliphatic rings. The molecule has 6 heteroatoms. The molecule has 88 valence electrons. The molecule has 0 radical (unpaired) electrons. The smallest absolute Gasteiger partial charge is 0.294 e. The van der Waals surface area contributed by atoms with Crippen molar-refractivity contribution in [3.8, 4) is 0 Å². The highest BCUT2D eigenvalue weighted by Gasteiger charge is 2.24. The highest BCUT2D eigenvalue weighted by Crippen LogP contribution is 2.29. The van der Waals surface area contributed by atoms with Gasteiger partial charge < -0.3 is 11.1 Å². The third kappa shape index (κ3) is 2.18. The van der Waals surface area contributed by atoms with Crippen molar-refractivity contribution in [2.45, 2.75) is 23.8 Å². The predicted octanol–water partition coefficient (Wildman–Crippen LogP) is 0.940. The molecule has 1 aromatic carbocycles. The van der Waals surface area contributed by atoms with Crippen molar-refractivity contribution in [1.29, 1.82) is 0 Å². The SMILES string of the molecule is Nc1ccc(C2CCCN2)c(S(=O)(=O)O)c1. The third-order valence-corrected chi connectivity index (χ3v) is 3.66. The van der Waals surface area contributed by atoms with Gasteiger partial charge in [-0.25, -0.2) is 0 Å². The van der Waals surface area contributed by atoms with E-state index in [4.69, 9.17) is 10.3 Å². The molecule has 1 atom stereocenters. The summed E-state index contributed by atoms with van der Waals surface area (Å²) in [7, 11) is -4.21. The first kappa shape index (κ1) is 11.4. The summed E-state index contributed by atoms with van der Waals surface area (Å²) in [5, 5.41) is 3.19. The molecule has 16 heavy (non-hydrogen) atoms. The van der Waals surface area contributed by atoms with E-state index in [9.17, 15) is 8.42 Å². The lowest BCUT2D eigenvalue weighted by atomic mass is 10.1. The van der Waals surface area contributed by atoms with Crippen molar-refractivity contribution in [2.24, 2.45) is 0 Å². The van der Waals surface area contributed by atoms with Gasteiger partial charge in [0.2, 0.25) is 0 Å². The topological polar surface area (TPSA) is 92.4 Å². The first-order chi connectivity index (χ1) is 7.48. The lowest BCUT2D eigenvalue weighted by molar-refractivity contribution is 0.479. The van der Waals surface area contributed by atoms with Crippen LogP contribution < -0.4 is 11.1 Å². The molecule has 4 N–H and O–H groups in total. The molecule has 1 heterocycles. The van der Waals surface area contributed by atoms with E-state index in [1.165, 1.54) is 6.07 Å². The van der Waals surface area contributed by atoms with Gasteiger partial charge in [0, 0.05) is 11.7 Å². The molecular formula is C10H14N2O3S. The van der Waals surface area contributed by atoms with E-state index >= 15 is 0 Å². The van der Waals surface area contributed by atoms with Crippen LogP contribution in [0.5, 0.6) is 0 Å². The number of nitrogen functional groups attached to an aromatic ring is 1. The second-order valence-corrected chi connectivity index (χ2v) is 5.31. The lowest BCUT2D eigenvalue weighted by Crippen LogP contribution is -2.16. The summed E-state index contributed by atoms with van der Waals surface area (Å²) in [6.45, 7) is 0.861. The van der Waals surface area contributed by atoms with Crippen LogP contribution in [-0.4, -0.2) is 19.5 Å². The fraction of sp³-hybridized carbons (Fsp3) is 0.400. The molecule has 2 rings (SSSR count). The standard InChI is InChI=1S/C10H14N2O3S/c11-7-3-4-8(9-2-1-5-12-9)10(6-7)16(13,14)15/h3-4,6,9,12H,1-2,5,11H2,(H,13,14,15). The Morgan fingerprint density at radius 3 is 2.75 bits per heavy atom. The van der Waals surface area contributed by atoms with Crippen LogP contribution >= 0.6 is 0 Å². The first-order valence-corrected chi connectivity index (χ1v) is 6.53. The molecule has 1 aliphatic heterocycles. The van der Waals surface area contributed by atoms with Gasteiger partial charge in [0.05, 0.1) is 0 Å². The van der Waals surface area contributed by atoms with Gasteiger partial charge in [-0.2, -0.15) is 8.42 Å². The Bertz CT molecular complexity index is 493. The number of benzene rings is 1. The molecule has 0 bridgehead atoms. The number of anilines is 1. The molecule has 1 aromatic rings. The predicted molar refractivity (Wildman–Crippen MR) is 60.6 cm³/mol. The minimum atomic E-state index is -4.21. The van der Waals surface area contributed by atoms with E-state index in [1.54, 1.807) is 12.1 Å². The second-order valence-electron chi connectivity index (χ2n) is 3.92. The summed E-state index contributed by atoms with van der Waals surface area (Å²) in [5.74, 6) is 0. The van der Waals surface area contributed by atoms with Crippen LogP contribution in [0.25, 0.3) is 0 Å². The van der Waals surface area contributed by atoms with Crippen molar-refractivity contribution < 1.29 is 13.0 Å². The molecule has 0 spiro atoms. The first-order valence-electron chi connectivity index (χ1n) is 5.09. The quantitative estimate of drug-likeness (QED) is 0.530. The van der Waals surface area contributed by atoms with E-state index in [2.05, 4.69) is 5.32 Å². The molecule has 0 amide bonds. The van der Waals surface area contributed by atoms with Gasteiger partial charge in [-0.1, -0.05) is 6.07 Å². The number of hydrogen-bond donors (Lipinski definition) is 3. The van der Waals surface area contributed by atoms with Crippen molar-refractivity contribution in [2.75, 3.05) is 12.3 Å². The maximum absolute atomic E-state index is 11.2.